The molecule has 0 fully saturated rings. The highest BCUT2D eigenvalue weighted by Crippen LogP contribution is 2.24. The predicted octanol–water partition coefficient (Wildman–Crippen LogP) is 3.39. The van der Waals surface area contributed by atoms with Crippen molar-refractivity contribution in [3.63, 3.8) is 0 Å². The SMILES string of the molecule is CC(CCO)SCc1ccc(Cl)nc1Cl. The second-order valence-electron chi connectivity index (χ2n) is 3.22. The highest BCUT2D eigenvalue weighted by Gasteiger charge is 2.06. The van der Waals surface area contributed by atoms with Crippen LogP contribution in [0.4, 0.5) is 0 Å². The van der Waals surface area contributed by atoms with Crippen LogP contribution in [0.3, 0.4) is 0 Å². The van der Waals surface area contributed by atoms with Crippen LogP contribution in [0.5, 0.6) is 0 Å². The fourth-order valence-electron chi connectivity index (χ4n) is 1.05. The van der Waals surface area contributed by atoms with Gasteiger partial charge in [0.1, 0.15) is 10.3 Å². The zero-order valence-electron chi connectivity index (χ0n) is 8.41. The van der Waals surface area contributed by atoms with E-state index in [2.05, 4.69) is 11.9 Å². The number of nitrogens with zero attached hydrogens (tertiary/aromatic N) is 1. The van der Waals surface area contributed by atoms with Crippen molar-refractivity contribution in [3.05, 3.63) is 28.0 Å². The topological polar surface area (TPSA) is 33.1 Å². The average Bonchev–Trinajstić information content (AvgIpc) is 2.17. The van der Waals surface area contributed by atoms with Gasteiger partial charge in [0.2, 0.25) is 0 Å². The van der Waals surface area contributed by atoms with Crippen LogP contribution >= 0.6 is 35.0 Å². The van der Waals surface area contributed by atoms with E-state index in [9.17, 15) is 0 Å². The van der Waals surface area contributed by atoms with Gasteiger partial charge in [0.15, 0.2) is 0 Å². The number of rotatable bonds is 5. The fraction of sp³-hybridized carbons (Fsp3) is 0.500. The van der Waals surface area contributed by atoms with Gasteiger partial charge in [-0.25, -0.2) is 4.98 Å². The summed E-state index contributed by atoms with van der Waals surface area (Å²) < 4.78 is 0. The smallest absolute Gasteiger partial charge is 0.134 e. The molecule has 1 N–H and O–H groups in total. The first-order chi connectivity index (χ1) is 7.13. The first-order valence-electron chi connectivity index (χ1n) is 4.67. The minimum atomic E-state index is 0.223. The van der Waals surface area contributed by atoms with E-state index in [1.807, 2.05) is 6.07 Å². The molecule has 1 aromatic heterocycles. The molecular formula is C10H13Cl2NOS. The second-order valence-corrected chi connectivity index (χ2v) is 5.39. The number of halogens is 2. The minimum absolute atomic E-state index is 0.223. The van der Waals surface area contributed by atoms with Crippen molar-refractivity contribution in [2.75, 3.05) is 6.61 Å². The van der Waals surface area contributed by atoms with Gasteiger partial charge in [-0.05, 0) is 18.1 Å². The Kier molecular flexibility index (Phi) is 5.75. The van der Waals surface area contributed by atoms with Crippen molar-refractivity contribution in [2.45, 2.75) is 24.3 Å². The van der Waals surface area contributed by atoms with Gasteiger partial charge >= 0.3 is 0 Å². The highest BCUT2D eigenvalue weighted by atomic mass is 35.5. The van der Waals surface area contributed by atoms with Gasteiger partial charge in [-0.2, -0.15) is 11.8 Å². The lowest BCUT2D eigenvalue weighted by molar-refractivity contribution is 0.289. The number of hydrogen-bond acceptors (Lipinski definition) is 3. The van der Waals surface area contributed by atoms with E-state index in [-0.39, 0.29) is 6.61 Å². The van der Waals surface area contributed by atoms with Crippen LogP contribution in [0.25, 0.3) is 0 Å². The lowest BCUT2D eigenvalue weighted by atomic mass is 10.3. The van der Waals surface area contributed by atoms with Gasteiger partial charge in [0.25, 0.3) is 0 Å². The molecule has 5 heteroatoms. The summed E-state index contributed by atoms with van der Waals surface area (Å²) in [7, 11) is 0. The summed E-state index contributed by atoms with van der Waals surface area (Å²) in [5, 5.41) is 10.1. The molecule has 1 atom stereocenters. The monoisotopic (exact) mass is 265 g/mol. The first-order valence-corrected chi connectivity index (χ1v) is 6.47. The maximum atomic E-state index is 8.76. The van der Waals surface area contributed by atoms with Crippen LogP contribution in [-0.4, -0.2) is 21.9 Å². The van der Waals surface area contributed by atoms with E-state index in [4.69, 9.17) is 28.3 Å². The van der Waals surface area contributed by atoms with E-state index in [1.165, 1.54) is 0 Å². The molecular weight excluding hydrogens is 253 g/mol. The number of hydrogen-bond donors (Lipinski definition) is 1. The highest BCUT2D eigenvalue weighted by molar-refractivity contribution is 7.99. The van der Waals surface area contributed by atoms with Gasteiger partial charge < -0.3 is 5.11 Å². The summed E-state index contributed by atoms with van der Waals surface area (Å²) in [6, 6.07) is 3.62. The molecule has 0 aliphatic heterocycles. The van der Waals surface area contributed by atoms with Crippen LogP contribution in [0.1, 0.15) is 18.9 Å². The lowest BCUT2D eigenvalue weighted by Crippen LogP contribution is -2.00. The molecule has 0 saturated carbocycles. The van der Waals surface area contributed by atoms with Crippen molar-refractivity contribution in [1.82, 2.24) is 4.98 Å². The number of aliphatic hydroxyl groups is 1. The molecule has 0 saturated heterocycles. The van der Waals surface area contributed by atoms with E-state index < -0.39 is 0 Å². The number of pyridine rings is 1. The molecule has 1 unspecified atom stereocenters. The van der Waals surface area contributed by atoms with Crippen LogP contribution in [-0.2, 0) is 5.75 Å². The van der Waals surface area contributed by atoms with Gasteiger partial charge in [0.05, 0.1) is 0 Å². The van der Waals surface area contributed by atoms with Crippen LogP contribution < -0.4 is 0 Å². The van der Waals surface area contributed by atoms with Gasteiger partial charge in [-0.1, -0.05) is 36.2 Å². The molecule has 0 spiro atoms. The first kappa shape index (κ1) is 13.1. The Balaban J connectivity index is 2.50. The van der Waals surface area contributed by atoms with Crippen molar-refractivity contribution in [2.24, 2.45) is 0 Å². The third-order valence-electron chi connectivity index (χ3n) is 1.95. The Hall–Kier alpha value is 0.0400. The molecule has 0 aliphatic carbocycles. The van der Waals surface area contributed by atoms with Crippen molar-refractivity contribution >= 4 is 35.0 Å². The van der Waals surface area contributed by atoms with Gasteiger partial charge in [0, 0.05) is 17.6 Å². The average molecular weight is 266 g/mol. The molecule has 0 bridgehead atoms. The Morgan fingerprint density at radius 2 is 2.20 bits per heavy atom. The largest absolute Gasteiger partial charge is 0.396 e. The van der Waals surface area contributed by atoms with Gasteiger partial charge in [-0.15, -0.1) is 0 Å². The molecule has 0 amide bonds. The van der Waals surface area contributed by atoms with E-state index >= 15 is 0 Å². The Morgan fingerprint density at radius 3 is 2.80 bits per heavy atom. The van der Waals surface area contributed by atoms with Crippen LogP contribution in [0, 0.1) is 0 Å². The molecule has 0 aliphatic rings. The maximum absolute atomic E-state index is 8.76. The molecule has 1 heterocycles. The summed E-state index contributed by atoms with van der Waals surface area (Å²) in [5.74, 6) is 0.796. The normalized spacial score (nSPS) is 12.8. The Morgan fingerprint density at radius 1 is 1.47 bits per heavy atom. The number of aliphatic hydroxyl groups excluding tert-OH is 1. The van der Waals surface area contributed by atoms with Crippen molar-refractivity contribution < 1.29 is 5.11 Å². The molecule has 1 rings (SSSR count). The van der Waals surface area contributed by atoms with E-state index in [0.717, 1.165) is 17.7 Å². The molecule has 2 nitrogen and oxygen atoms in total. The molecule has 15 heavy (non-hydrogen) atoms. The second kappa shape index (κ2) is 6.59. The van der Waals surface area contributed by atoms with Crippen molar-refractivity contribution in [3.8, 4) is 0 Å². The Labute approximate surface area is 104 Å². The maximum Gasteiger partial charge on any atom is 0.134 e. The number of aromatic nitrogens is 1. The summed E-state index contributed by atoms with van der Waals surface area (Å²) in [4.78, 5) is 3.97. The van der Waals surface area contributed by atoms with Crippen LogP contribution in [0.2, 0.25) is 10.3 Å². The number of thioether (sulfide) groups is 1. The lowest BCUT2D eigenvalue weighted by Gasteiger charge is -2.09. The third kappa shape index (κ3) is 4.60. The quantitative estimate of drug-likeness (QED) is 0.829. The molecule has 1 aromatic rings. The van der Waals surface area contributed by atoms with Gasteiger partial charge in [-0.3, -0.25) is 0 Å². The minimum Gasteiger partial charge on any atom is -0.396 e. The standard InChI is InChI=1S/C10H13Cl2NOS/c1-7(4-5-14)15-6-8-2-3-9(11)13-10(8)12/h2-3,7,14H,4-6H2,1H3. The summed E-state index contributed by atoms with van der Waals surface area (Å²) in [6.45, 7) is 2.30. The summed E-state index contributed by atoms with van der Waals surface area (Å²) in [5.41, 5.74) is 0.982. The van der Waals surface area contributed by atoms with Crippen LogP contribution in [0.15, 0.2) is 12.1 Å². The molecule has 0 aromatic carbocycles. The Bertz CT molecular complexity index is 322. The molecule has 84 valence electrons. The summed E-state index contributed by atoms with van der Waals surface area (Å²) in [6.07, 6.45) is 0.795. The fourth-order valence-corrected chi connectivity index (χ4v) is 2.51. The van der Waals surface area contributed by atoms with E-state index in [0.29, 0.717) is 15.6 Å². The van der Waals surface area contributed by atoms with E-state index in [1.54, 1.807) is 17.8 Å². The zero-order valence-corrected chi connectivity index (χ0v) is 10.7. The predicted molar refractivity (Wildman–Crippen MR) is 66.7 cm³/mol. The third-order valence-corrected chi connectivity index (χ3v) is 3.77. The summed E-state index contributed by atoms with van der Waals surface area (Å²) >= 11 is 13.4. The molecule has 0 radical (unpaired) electrons. The zero-order chi connectivity index (χ0) is 11.3. The van der Waals surface area contributed by atoms with Crippen molar-refractivity contribution in [1.29, 1.82) is 0 Å².